The van der Waals surface area contributed by atoms with Gasteiger partial charge in [0.15, 0.2) is 5.69 Å². The summed E-state index contributed by atoms with van der Waals surface area (Å²) in [5.41, 5.74) is 0.784. The maximum absolute atomic E-state index is 11.7. The molecule has 1 amide bonds. The van der Waals surface area contributed by atoms with Gasteiger partial charge in [0, 0.05) is 6.07 Å². The van der Waals surface area contributed by atoms with E-state index in [4.69, 9.17) is 16.1 Å². The SMILES string of the molecule is Cc1cc(C(=O)Nc2ccccc2Cl)no1. The van der Waals surface area contributed by atoms with Crippen molar-refractivity contribution in [1.82, 2.24) is 5.16 Å². The molecule has 0 aliphatic carbocycles. The molecule has 0 atom stereocenters. The van der Waals surface area contributed by atoms with Crippen molar-refractivity contribution in [3.8, 4) is 0 Å². The Morgan fingerprint density at radius 2 is 2.19 bits per heavy atom. The van der Waals surface area contributed by atoms with Crippen LogP contribution in [0.5, 0.6) is 0 Å². The van der Waals surface area contributed by atoms with E-state index in [9.17, 15) is 4.79 Å². The fraction of sp³-hybridized carbons (Fsp3) is 0.0909. The first-order chi connectivity index (χ1) is 7.66. The standard InChI is InChI=1S/C11H9ClN2O2/c1-7-6-10(14-16-7)11(15)13-9-5-3-2-4-8(9)12/h2-6H,1H3,(H,13,15). The molecule has 1 N–H and O–H groups in total. The number of nitrogens with one attached hydrogen (secondary N) is 1. The van der Waals surface area contributed by atoms with Crippen LogP contribution in [0.2, 0.25) is 5.02 Å². The normalized spacial score (nSPS) is 10.1. The molecule has 4 nitrogen and oxygen atoms in total. The molecule has 0 aliphatic rings. The molecular formula is C11H9ClN2O2. The number of rotatable bonds is 2. The van der Waals surface area contributed by atoms with Crippen LogP contribution in [0, 0.1) is 6.92 Å². The van der Waals surface area contributed by atoms with Crippen LogP contribution in [0.3, 0.4) is 0 Å². The summed E-state index contributed by atoms with van der Waals surface area (Å²) >= 11 is 5.90. The molecule has 0 fully saturated rings. The van der Waals surface area contributed by atoms with Crippen LogP contribution in [-0.2, 0) is 0 Å². The van der Waals surface area contributed by atoms with E-state index in [1.165, 1.54) is 0 Å². The van der Waals surface area contributed by atoms with Crippen LogP contribution in [0.1, 0.15) is 16.2 Å². The molecule has 2 rings (SSSR count). The van der Waals surface area contributed by atoms with Crippen LogP contribution in [0.25, 0.3) is 0 Å². The molecule has 0 unspecified atom stereocenters. The second-order valence-corrected chi connectivity index (χ2v) is 3.66. The first-order valence-electron chi connectivity index (χ1n) is 4.66. The third kappa shape index (κ3) is 2.23. The summed E-state index contributed by atoms with van der Waals surface area (Å²) < 4.78 is 4.81. The number of anilines is 1. The fourth-order valence-electron chi connectivity index (χ4n) is 1.22. The number of hydrogen-bond donors (Lipinski definition) is 1. The Morgan fingerprint density at radius 3 is 2.81 bits per heavy atom. The van der Waals surface area contributed by atoms with Crippen LogP contribution in [0.4, 0.5) is 5.69 Å². The lowest BCUT2D eigenvalue weighted by molar-refractivity contribution is 0.101. The van der Waals surface area contributed by atoms with Gasteiger partial charge in [-0.05, 0) is 19.1 Å². The van der Waals surface area contributed by atoms with Crippen molar-refractivity contribution < 1.29 is 9.32 Å². The maximum atomic E-state index is 11.7. The molecule has 82 valence electrons. The predicted molar refractivity (Wildman–Crippen MR) is 60.6 cm³/mol. The van der Waals surface area contributed by atoms with Crippen molar-refractivity contribution in [2.24, 2.45) is 0 Å². The smallest absolute Gasteiger partial charge is 0.277 e. The Morgan fingerprint density at radius 1 is 1.44 bits per heavy atom. The van der Waals surface area contributed by atoms with Crippen molar-refractivity contribution in [3.05, 3.63) is 46.8 Å². The molecule has 0 spiro atoms. The molecule has 0 aliphatic heterocycles. The highest BCUT2D eigenvalue weighted by atomic mass is 35.5. The highest BCUT2D eigenvalue weighted by Crippen LogP contribution is 2.21. The number of aromatic nitrogens is 1. The first-order valence-corrected chi connectivity index (χ1v) is 5.04. The van der Waals surface area contributed by atoms with Crippen LogP contribution in [-0.4, -0.2) is 11.1 Å². The lowest BCUT2D eigenvalue weighted by Crippen LogP contribution is -2.12. The van der Waals surface area contributed by atoms with Gasteiger partial charge in [-0.3, -0.25) is 4.79 Å². The molecule has 2 aromatic rings. The molecule has 0 bridgehead atoms. The van der Waals surface area contributed by atoms with Gasteiger partial charge >= 0.3 is 0 Å². The van der Waals surface area contributed by atoms with Gasteiger partial charge in [0.25, 0.3) is 5.91 Å². The van der Waals surface area contributed by atoms with E-state index >= 15 is 0 Å². The van der Waals surface area contributed by atoms with Crippen molar-refractivity contribution in [2.75, 3.05) is 5.32 Å². The number of para-hydroxylation sites is 1. The summed E-state index contributed by atoms with van der Waals surface area (Å²) in [4.78, 5) is 11.7. The molecule has 0 saturated heterocycles. The van der Waals surface area contributed by atoms with E-state index in [1.807, 2.05) is 0 Å². The number of carbonyl (C=O) groups excluding carboxylic acids is 1. The Labute approximate surface area is 97.2 Å². The predicted octanol–water partition coefficient (Wildman–Crippen LogP) is 2.89. The molecule has 0 saturated carbocycles. The minimum atomic E-state index is -0.343. The number of benzene rings is 1. The number of nitrogens with zero attached hydrogens (tertiary/aromatic N) is 1. The fourth-order valence-corrected chi connectivity index (χ4v) is 1.41. The van der Waals surface area contributed by atoms with E-state index in [1.54, 1.807) is 37.3 Å². The highest BCUT2D eigenvalue weighted by Gasteiger charge is 2.11. The Kier molecular flexibility index (Phi) is 2.92. The average Bonchev–Trinajstić information content (AvgIpc) is 2.68. The zero-order valence-corrected chi connectivity index (χ0v) is 9.28. The number of aryl methyl sites for hydroxylation is 1. The van der Waals surface area contributed by atoms with Crippen LogP contribution < -0.4 is 5.32 Å². The second kappa shape index (κ2) is 4.37. The molecule has 0 radical (unpaired) electrons. The zero-order valence-electron chi connectivity index (χ0n) is 8.53. The van der Waals surface area contributed by atoms with Gasteiger partial charge in [0.2, 0.25) is 0 Å². The van der Waals surface area contributed by atoms with Crippen molar-refractivity contribution in [3.63, 3.8) is 0 Å². The monoisotopic (exact) mass is 236 g/mol. The Bertz CT molecular complexity index is 522. The van der Waals surface area contributed by atoms with E-state index in [2.05, 4.69) is 10.5 Å². The van der Waals surface area contributed by atoms with Crippen LogP contribution >= 0.6 is 11.6 Å². The summed E-state index contributed by atoms with van der Waals surface area (Å²) in [5.74, 6) is 0.245. The topological polar surface area (TPSA) is 55.1 Å². The number of amides is 1. The van der Waals surface area contributed by atoms with Crippen molar-refractivity contribution >= 4 is 23.2 Å². The quantitative estimate of drug-likeness (QED) is 0.872. The number of hydrogen-bond acceptors (Lipinski definition) is 3. The molecule has 1 aromatic heterocycles. The van der Waals surface area contributed by atoms with Crippen LogP contribution in [0.15, 0.2) is 34.9 Å². The average molecular weight is 237 g/mol. The van der Waals surface area contributed by atoms with E-state index < -0.39 is 0 Å². The number of carbonyl (C=O) groups is 1. The maximum Gasteiger partial charge on any atom is 0.277 e. The third-order valence-electron chi connectivity index (χ3n) is 1.98. The van der Waals surface area contributed by atoms with Gasteiger partial charge in [0.05, 0.1) is 10.7 Å². The summed E-state index contributed by atoms with van der Waals surface area (Å²) in [6, 6.07) is 8.55. The Hall–Kier alpha value is -1.81. The molecule has 16 heavy (non-hydrogen) atoms. The van der Waals surface area contributed by atoms with Crippen molar-refractivity contribution in [1.29, 1.82) is 0 Å². The largest absolute Gasteiger partial charge is 0.361 e. The Balaban J connectivity index is 2.17. The minimum absolute atomic E-state index is 0.234. The van der Waals surface area contributed by atoms with Gasteiger partial charge in [-0.15, -0.1) is 0 Å². The molecule has 1 heterocycles. The summed E-state index contributed by atoms with van der Waals surface area (Å²) in [5, 5.41) is 6.74. The van der Waals surface area contributed by atoms with Gasteiger partial charge < -0.3 is 9.84 Å². The first kappa shape index (κ1) is 10.7. The van der Waals surface area contributed by atoms with E-state index in [0.29, 0.717) is 16.5 Å². The molecular weight excluding hydrogens is 228 g/mol. The van der Waals surface area contributed by atoms with Gasteiger partial charge in [0.1, 0.15) is 5.76 Å². The van der Waals surface area contributed by atoms with E-state index in [-0.39, 0.29) is 11.6 Å². The lowest BCUT2D eigenvalue weighted by atomic mass is 10.3. The van der Waals surface area contributed by atoms with Gasteiger partial charge in [-0.25, -0.2) is 0 Å². The van der Waals surface area contributed by atoms with Crippen molar-refractivity contribution in [2.45, 2.75) is 6.92 Å². The second-order valence-electron chi connectivity index (χ2n) is 3.26. The molecule has 5 heteroatoms. The zero-order chi connectivity index (χ0) is 11.5. The van der Waals surface area contributed by atoms with Gasteiger partial charge in [-0.2, -0.15) is 0 Å². The third-order valence-corrected chi connectivity index (χ3v) is 2.31. The summed E-state index contributed by atoms with van der Waals surface area (Å²) in [6.45, 7) is 1.72. The minimum Gasteiger partial charge on any atom is -0.361 e. The van der Waals surface area contributed by atoms with Gasteiger partial charge in [-0.1, -0.05) is 28.9 Å². The lowest BCUT2D eigenvalue weighted by Gasteiger charge is -2.03. The molecule has 1 aromatic carbocycles. The highest BCUT2D eigenvalue weighted by molar-refractivity contribution is 6.33. The van der Waals surface area contributed by atoms with E-state index in [0.717, 1.165) is 0 Å². The summed E-state index contributed by atoms with van der Waals surface area (Å²) in [6.07, 6.45) is 0. The number of halogens is 1. The summed E-state index contributed by atoms with van der Waals surface area (Å²) in [7, 11) is 0.